The minimum absolute atomic E-state index is 0. The first-order valence-corrected chi connectivity index (χ1v) is 7.73. The van der Waals surface area contributed by atoms with E-state index in [0.29, 0.717) is 17.1 Å². The van der Waals surface area contributed by atoms with Gasteiger partial charge in [0.05, 0.1) is 0 Å². The number of ketones is 1. The Morgan fingerprint density at radius 1 is 0.615 bits per heavy atom. The van der Waals surface area contributed by atoms with Gasteiger partial charge in [0.2, 0.25) is 0 Å². The topological polar surface area (TPSA) is 35.5 Å². The average molecular weight is 350 g/mol. The van der Waals surface area contributed by atoms with Crippen LogP contribution in [0.2, 0.25) is 0 Å². The van der Waals surface area contributed by atoms with Crippen LogP contribution >= 0.6 is 0 Å². The van der Waals surface area contributed by atoms with E-state index in [4.69, 9.17) is 9.47 Å². The molecule has 3 nitrogen and oxygen atoms in total. The van der Waals surface area contributed by atoms with Gasteiger partial charge in [-0.1, -0.05) is 32.5 Å². The summed E-state index contributed by atoms with van der Waals surface area (Å²) in [5.74, 6) is 2.99. The van der Waals surface area contributed by atoms with Gasteiger partial charge in [0.25, 0.3) is 0 Å². The zero-order valence-corrected chi connectivity index (χ0v) is 13.7. The van der Waals surface area contributed by atoms with E-state index in [2.05, 4.69) is 0 Å². The molecule has 0 fully saturated rings. The second-order valence-electron chi connectivity index (χ2n) is 5.57. The molecule has 0 aromatic heterocycles. The number of aryl methyl sites for hydroxylation is 1. The van der Waals surface area contributed by atoms with Crippen molar-refractivity contribution in [2.45, 2.75) is 28.7 Å². The van der Waals surface area contributed by atoms with Crippen molar-refractivity contribution in [1.29, 1.82) is 0 Å². The second kappa shape index (κ2) is 9.42. The van der Waals surface area contributed by atoms with E-state index < -0.39 is 0 Å². The number of ether oxygens (including phenoxy) is 2. The van der Waals surface area contributed by atoms with Crippen molar-refractivity contribution in [2.75, 3.05) is 0 Å². The highest BCUT2D eigenvalue weighted by molar-refractivity contribution is 5.94. The molecule has 0 bridgehead atoms. The van der Waals surface area contributed by atoms with Crippen molar-refractivity contribution in [1.82, 2.24) is 0 Å². The van der Waals surface area contributed by atoms with Crippen molar-refractivity contribution in [3.63, 3.8) is 0 Å². The zero-order valence-electron chi connectivity index (χ0n) is 13.7. The van der Waals surface area contributed by atoms with Gasteiger partial charge in [-0.3, -0.25) is 4.79 Å². The van der Waals surface area contributed by atoms with Crippen LogP contribution in [0.5, 0.6) is 23.0 Å². The van der Waals surface area contributed by atoms with Crippen LogP contribution < -0.4 is 9.47 Å². The van der Waals surface area contributed by atoms with E-state index in [1.807, 2.05) is 55.5 Å². The molecule has 0 aliphatic carbocycles. The number of hydrogen-bond donors (Lipinski definition) is 0. The summed E-state index contributed by atoms with van der Waals surface area (Å²) in [6.07, 6.45) is 0. The maximum absolute atomic E-state index is 11.3. The molecule has 0 aliphatic heterocycles. The van der Waals surface area contributed by atoms with Gasteiger partial charge < -0.3 is 9.47 Å². The molecular formula is C23H26O3. The molecule has 0 aliphatic rings. The van der Waals surface area contributed by atoms with Gasteiger partial charge in [-0.2, -0.15) is 0 Å². The molecular weight excluding hydrogens is 324 g/mol. The lowest BCUT2D eigenvalue weighted by Gasteiger charge is -2.09. The standard InChI is InChI=1S/C21H18O3.2CH4/c1-15-3-7-18(8-4-15)23-20-11-13-21(14-12-20)24-19-9-5-17(6-10-19)16(2)22;;/h3-14H,1-2H3;2*1H4. The van der Waals surface area contributed by atoms with E-state index in [-0.39, 0.29) is 20.6 Å². The Bertz CT molecular complexity index is 817. The first kappa shape index (κ1) is 21.0. The van der Waals surface area contributed by atoms with Gasteiger partial charge >= 0.3 is 0 Å². The Balaban J connectivity index is 0.00000169. The fraction of sp³-hybridized carbons (Fsp3) is 0.174. The van der Waals surface area contributed by atoms with Crippen LogP contribution in [0.3, 0.4) is 0 Å². The molecule has 136 valence electrons. The van der Waals surface area contributed by atoms with Crippen molar-refractivity contribution >= 4 is 5.78 Å². The number of benzene rings is 3. The van der Waals surface area contributed by atoms with E-state index in [1.54, 1.807) is 31.2 Å². The molecule has 0 amide bonds. The molecule has 0 heterocycles. The van der Waals surface area contributed by atoms with Crippen molar-refractivity contribution < 1.29 is 14.3 Å². The maximum atomic E-state index is 11.3. The zero-order chi connectivity index (χ0) is 16.9. The predicted molar refractivity (Wildman–Crippen MR) is 108 cm³/mol. The summed E-state index contributed by atoms with van der Waals surface area (Å²) in [5.41, 5.74) is 1.87. The smallest absolute Gasteiger partial charge is 0.159 e. The minimum atomic E-state index is 0. The summed E-state index contributed by atoms with van der Waals surface area (Å²) in [6.45, 7) is 3.58. The maximum Gasteiger partial charge on any atom is 0.159 e. The summed E-state index contributed by atoms with van der Waals surface area (Å²) in [5, 5.41) is 0. The first-order chi connectivity index (χ1) is 11.6. The number of carbonyl (C=O) groups excluding carboxylic acids is 1. The van der Waals surface area contributed by atoms with E-state index in [0.717, 1.165) is 11.5 Å². The van der Waals surface area contributed by atoms with Gasteiger partial charge in [-0.05, 0) is 74.5 Å². The number of Topliss-reactive ketones (excluding diaryl/α,β-unsaturated/α-hetero) is 1. The van der Waals surface area contributed by atoms with Gasteiger partial charge in [0, 0.05) is 5.56 Å². The summed E-state index contributed by atoms with van der Waals surface area (Å²) in [6, 6.07) is 22.4. The van der Waals surface area contributed by atoms with Crippen LogP contribution in [0.15, 0.2) is 72.8 Å². The number of hydrogen-bond acceptors (Lipinski definition) is 3. The summed E-state index contributed by atoms with van der Waals surface area (Å²) < 4.78 is 11.6. The number of rotatable bonds is 5. The lowest BCUT2D eigenvalue weighted by molar-refractivity contribution is 0.101. The van der Waals surface area contributed by atoms with Crippen LogP contribution in [-0.2, 0) is 0 Å². The van der Waals surface area contributed by atoms with Gasteiger partial charge in [-0.25, -0.2) is 0 Å². The van der Waals surface area contributed by atoms with Crippen LogP contribution in [0.4, 0.5) is 0 Å². The summed E-state index contributed by atoms with van der Waals surface area (Å²) >= 11 is 0. The van der Waals surface area contributed by atoms with Gasteiger partial charge in [0.1, 0.15) is 23.0 Å². The summed E-state index contributed by atoms with van der Waals surface area (Å²) in [4.78, 5) is 11.3. The largest absolute Gasteiger partial charge is 0.457 e. The van der Waals surface area contributed by atoms with Crippen LogP contribution in [-0.4, -0.2) is 5.78 Å². The van der Waals surface area contributed by atoms with E-state index in [1.165, 1.54) is 5.56 Å². The highest BCUT2D eigenvalue weighted by Gasteiger charge is 2.02. The predicted octanol–water partition coefficient (Wildman–Crippen LogP) is 7.05. The van der Waals surface area contributed by atoms with Crippen molar-refractivity contribution in [3.8, 4) is 23.0 Å². The molecule has 0 saturated carbocycles. The SMILES string of the molecule is C.C.CC(=O)c1ccc(Oc2ccc(Oc3ccc(C)cc3)cc2)cc1. The van der Waals surface area contributed by atoms with Crippen molar-refractivity contribution in [3.05, 3.63) is 83.9 Å². The first-order valence-electron chi connectivity index (χ1n) is 7.73. The van der Waals surface area contributed by atoms with Crippen LogP contribution in [0, 0.1) is 6.92 Å². The highest BCUT2D eigenvalue weighted by atomic mass is 16.5. The van der Waals surface area contributed by atoms with Crippen LogP contribution in [0.25, 0.3) is 0 Å². The van der Waals surface area contributed by atoms with Crippen molar-refractivity contribution in [2.24, 2.45) is 0 Å². The molecule has 26 heavy (non-hydrogen) atoms. The molecule has 0 radical (unpaired) electrons. The second-order valence-corrected chi connectivity index (χ2v) is 5.57. The Labute approximate surface area is 156 Å². The third-order valence-electron chi connectivity index (χ3n) is 3.58. The Hall–Kier alpha value is -3.07. The minimum Gasteiger partial charge on any atom is -0.457 e. The molecule has 3 heteroatoms. The fourth-order valence-corrected chi connectivity index (χ4v) is 2.21. The highest BCUT2D eigenvalue weighted by Crippen LogP contribution is 2.27. The quantitative estimate of drug-likeness (QED) is 0.462. The monoisotopic (exact) mass is 350 g/mol. The molecule has 3 aromatic carbocycles. The van der Waals surface area contributed by atoms with E-state index in [9.17, 15) is 4.79 Å². The molecule has 0 saturated heterocycles. The Kier molecular flexibility index (Phi) is 7.60. The molecule has 0 atom stereocenters. The molecule has 0 N–H and O–H groups in total. The molecule has 3 rings (SSSR count). The van der Waals surface area contributed by atoms with Gasteiger partial charge in [-0.15, -0.1) is 0 Å². The van der Waals surface area contributed by atoms with Crippen LogP contribution in [0.1, 0.15) is 37.7 Å². The normalized spacial score (nSPS) is 9.46. The molecule has 3 aromatic rings. The lowest BCUT2D eigenvalue weighted by Crippen LogP contribution is -1.91. The molecule has 0 unspecified atom stereocenters. The van der Waals surface area contributed by atoms with Gasteiger partial charge in [0.15, 0.2) is 5.78 Å². The average Bonchev–Trinajstić information content (AvgIpc) is 2.59. The Morgan fingerprint density at radius 3 is 1.27 bits per heavy atom. The fourth-order valence-electron chi connectivity index (χ4n) is 2.21. The third kappa shape index (κ3) is 5.49. The van der Waals surface area contributed by atoms with E-state index >= 15 is 0 Å². The third-order valence-corrected chi connectivity index (χ3v) is 3.58. The Morgan fingerprint density at radius 2 is 0.923 bits per heavy atom. The lowest BCUT2D eigenvalue weighted by atomic mass is 10.1. The summed E-state index contributed by atoms with van der Waals surface area (Å²) in [7, 11) is 0. The number of carbonyl (C=O) groups is 1. The molecule has 0 spiro atoms.